The Balaban J connectivity index is 1.63. The van der Waals surface area contributed by atoms with Gasteiger partial charge in [-0.2, -0.15) is 0 Å². The molecule has 1 aliphatic heterocycles. The lowest BCUT2D eigenvalue weighted by atomic mass is 10.1. The molecule has 0 aromatic heterocycles. The number of piperazine rings is 1. The Hall–Kier alpha value is -2.93. The molecule has 7 heteroatoms. The summed E-state index contributed by atoms with van der Waals surface area (Å²) in [5.41, 5.74) is 1.45. The molecule has 2 aromatic rings. The molecule has 0 spiro atoms. The summed E-state index contributed by atoms with van der Waals surface area (Å²) in [6.45, 7) is 6.04. The van der Waals surface area contributed by atoms with Crippen molar-refractivity contribution < 1.29 is 19.4 Å². The van der Waals surface area contributed by atoms with Gasteiger partial charge in [0.05, 0.1) is 37.7 Å². The largest absolute Gasteiger partial charge is 0.487 e. The van der Waals surface area contributed by atoms with Gasteiger partial charge < -0.3 is 14.5 Å². The van der Waals surface area contributed by atoms with Crippen LogP contribution in [-0.4, -0.2) is 48.5 Å². The van der Waals surface area contributed by atoms with Crippen molar-refractivity contribution in [1.82, 2.24) is 4.90 Å². The highest BCUT2D eigenvalue weighted by atomic mass is 16.6. The van der Waals surface area contributed by atoms with Crippen LogP contribution < -0.4 is 9.64 Å². The molecule has 1 amide bonds. The van der Waals surface area contributed by atoms with E-state index in [4.69, 9.17) is 4.74 Å². The molecule has 0 atom stereocenters. The second kappa shape index (κ2) is 8.64. The fourth-order valence-electron chi connectivity index (χ4n) is 3.34. The second-order valence-electron chi connectivity index (χ2n) is 6.58. The van der Waals surface area contributed by atoms with Crippen LogP contribution in [0.4, 0.5) is 5.69 Å². The van der Waals surface area contributed by atoms with E-state index < -0.39 is 4.92 Å². The Morgan fingerprint density at radius 2 is 1.89 bits per heavy atom. The first-order valence-corrected chi connectivity index (χ1v) is 9.16. The third kappa shape index (κ3) is 4.62. The van der Waals surface area contributed by atoms with Crippen molar-refractivity contribution in [2.45, 2.75) is 13.5 Å². The zero-order chi connectivity index (χ0) is 19.2. The van der Waals surface area contributed by atoms with Crippen LogP contribution in [0.5, 0.6) is 5.75 Å². The number of amides is 1. The van der Waals surface area contributed by atoms with Crippen LogP contribution in [-0.2, 0) is 6.54 Å². The summed E-state index contributed by atoms with van der Waals surface area (Å²) < 4.78 is 5.28. The number of carbonyl (C=O) groups excluding carboxylic acids is 1. The molecule has 0 radical (unpaired) electrons. The number of nitro benzene ring substituents is 1. The van der Waals surface area contributed by atoms with E-state index >= 15 is 0 Å². The standard InChI is InChI=1S/C20H23N3O4/c1-2-27-19-9-8-17(14-18(19)23(25)26)20(24)22-12-10-21(11-13-22)15-16-6-4-3-5-7-16/h3-9,14H,2,10-13,15H2,1H3/p+1. The lowest BCUT2D eigenvalue weighted by Gasteiger charge is -2.32. The van der Waals surface area contributed by atoms with E-state index in [9.17, 15) is 14.9 Å². The third-order valence-corrected chi connectivity index (χ3v) is 4.76. The smallest absolute Gasteiger partial charge is 0.311 e. The molecule has 1 heterocycles. The van der Waals surface area contributed by atoms with E-state index in [0.717, 1.165) is 19.6 Å². The number of nitrogens with zero attached hydrogens (tertiary/aromatic N) is 2. The number of hydrogen-bond donors (Lipinski definition) is 1. The van der Waals surface area contributed by atoms with Crippen molar-refractivity contribution >= 4 is 11.6 Å². The maximum Gasteiger partial charge on any atom is 0.311 e. The SMILES string of the molecule is CCOc1ccc(C(=O)N2CC[NH+](Cc3ccccc3)CC2)cc1[N+](=O)[O-]. The molecule has 3 rings (SSSR count). The van der Waals surface area contributed by atoms with Crippen LogP contribution in [0.25, 0.3) is 0 Å². The minimum Gasteiger partial charge on any atom is -0.487 e. The molecule has 1 fully saturated rings. The van der Waals surface area contributed by atoms with Crippen LogP contribution >= 0.6 is 0 Å². The van der Waals surface area contributed by atoms with E-state index in [-0.39, 0.29) is 17.3 Å². The highest BCUT2D eigenvalue weighted by molar-refractivity contribution is 5.95. The van der Waals surface area contributed by atoms with Gasteiger partial charge in [0.1, 0.15) is 6.54 Å². The second-order valence-corrected chi connectivity index (χ2v) is 6.58. The fraction of sp³-hybridized carbons (Fsp3) is 0.350. The topological polar surface area (TPSA) is 77.1 Å². The van der Waals surface area contributed by atoms with E-state index in [0.29, 0.717) is 25.3 Å². The molecule has 1 N–H and O–H groups in total. The summed E-state index contributed by atoms with van der Waals surface area (Å²) in [6, 6.07) is 14.7. The van der Waals surface area contributed by atoms with E-state index in [1.165, 1.54) is 22.6 Å². The van der Waals surface area contributed by atoms with Gasteiger partial charge in [0.15, 0.2) is 5.75 Å². The van der Waals surface area contributed by atoms with Crippen LogP contribution in [0, 0.1) is 10.1 Å². The minimum absolute atomic E-state index is 0.167. The maximum absolute atomic E-state index is 12.8. The number of ether oxygens (including phenoxy) is 1. The summed E-state index contributed by atoms with van der Waals surface area (Å²) >= 11 is 0. The normalized spacial score (nSPS) is 14.8. The summed E-state index contributed by atoms with van der Waals surface area (Å²) in [6.07, 6.45) is 0. The van der Waals surface area contributed by atoms with Gasteiger partial charge in [-0.25, -0.2) is 0 Å². The number of quaternary nitrogens is 1. The van der Waals surface area contributed by atoms with Crippen LogP contribution in [0.2, 0.25) is 0 Å². The molecule has 2 aromatic carbocycles. The molecule has 7 nitrogen and oxygen atoms in total. The number of rotatable bonds is 6. The highest BCUT2D eigenvalue weighted by Gasteiger charge is 2.26. The highest BCUT2D eigenvalue weighted by Crippen LogP contribution is 2.28. The Morgan fingerprint density at radius 1 is 1.19 bits per heavy atom. The predicted molar refractivity (Wildman–Crippen MR) is 101 cm³/mol. The van der Waals surface area contributed by atoms with Gasteiger partial charge in [-0.3, -0.25) is 14.9 Å². The van der Waals surface area contributed by atoms with Crippen LogP contribution in [0.1, 0.15) is 22.8 Å². The van der Waals surface area contributed by atoms with Crippen molar-refractivity contribution in [3.8, 4) is 5.75 Å². The molecule has 1 aliphatic rings. The third-order valence-electron chi connectivity index (χ3n) is 4.76. The zero-order valence-corrected chi connectivity index (χ0v) is 15.4. The minimum atomic E-state index is -0.510. The Labute approximate surface area is 158 Å². The fourth-order valence-corrected chi connectivity index (χ4v) is 3.34. The Bertz CT molecular complexity index is 802. The van der Waals surface area contributed by atoms with Gasteiger partial charge in [-0.05, 0) is 19.1 Å². The predicted octanol–water partition coefficient (Wildman–Crippen LogP) is 1.53. The average molecular weight is 370 g/mol. The molecule has 0 unspecified atom stereocenters. The lowest BCUT2D eigenvalue weighted by Crippen LogP contribution is -3.13. The van der Waals surface area contributed by atoms with Crippen molar-refractivity contribution in [2.75, 3.05) is 32.8 Å². The van der Waals surface area contributed by atoms with E-state index in [2.05, 4.69) is 12.1 Å². The van der Waals surface area contributed by atoms with Crippen molar-refractivity contribution in [2.24, 2.45) is 0 Å². The zero-order valence-electron chi connectivity index (χ0n) is 15.4. The first-order chi connectivity index (χ1) is 13.1. The first kappa shape index (κ1) is 18.8. The van der Waals surface area contributed by atoms with Crippen molar-refractivity contribution in [3.05, 3.63) is 69.8 Å². The number of nitrogens with one attached hydrogen (secondary N) is 1. The monoisotopic (exact) mass is 370 g/mol. The molecule has 142 valence electrons. The number of nitro groups is 1. The first-order valence-electron chi connectivity index (χ1n) is 9.16. The Morgan fingerprint density at radius 3 is 2.52 bits per heavy atom. The van der Waals surface area contributed by atoms with Crippen LogP contribution in [0.15, 0.2) is 48.5 Å². The number of benzene rings is 2. The van der Waals surface area contributed by atoms with Gasteiger partial charge in [0, 0.05) is 17.2 Å². The summed E-state index contributed by atoms with van der Waals surface area (Å²) in [4.78, 5) is 26.7. The van der Waals surface area contributed by atoms with Crippen molar-refractivity contribution in [3.63, 3.8) is 0 Å². The molecule has 1 saturated heterocycles. The average Bonchev–Trinajstić information content (AvgIpc) is 2.69. The summed E-state index contributed by atoms with van der Waals surface area (Å²) in [5.74, 6) is 0.0242. The maximum atomic E-state index is 12.8. The van der Waals surface area contributed by atoms with Crippen LogP contribution in [0.3, 0.4) is 0 Å². The summed E-state index contributed by atoms with van der Waals surface area (Å²) in [5, 5.41) is 11.3. The number of carbonyl (C=O) groups is 1. The molecular weight excluding hydrogens is 346 g/mol. The van der Waals surface area contributed by atoms with Crippen molar-refractivity contribution in [1.29, 1.82) is 0 Å². The lowest BCUT2D eigenvalue weighted by molar-refractivity contribution is -0.917. The molecule has 0 bridgehead atoms. The quantitative estimate of drug-likeness (QED) is 0.618. The molecule has 27 heavy (non-hydrogen) atoms. The van der Waals surface area contributed by atoms with Gasteiger partial charge in [-0.1, -0.05) is 30.3 Å². The van der Waals surface area contributed by atoms with E-state index in [1.54, 1.807) is 17.9 Å². The molecule has 0 saturated carbocycles. The van der Waals surface area contributed by atoms with Gasteiger partial charge in [0.2, 0.25) is 0 Å². The molecular formula is C20H24N3O4+. The molecule has 0 aliphatic carbocycles. The van der Waals surface area contributed by atoms with Gasteiger partial charge in [-0.15, -0.1) is 0 Å². The number of hydrogen-bond acceptors (Lipinski definition) is 4. The van der Waals surface area contributed by atoms with Gasteiger partial charge in [0.25, 0.3) is 5.91 Å². The van der Waals surface area contributed by atoms with Gasteiger partial charge >= 0.3 is 5.69 Å². The summed E-state index contributed by atoms with van der Waals surface area (Å²) in [7, 11) is 0. The van der Waals surface area contributed by atoms with E-state index in [1.807, 2.05) is 18.2 Å². The Kier molecular flexibility index (Phi) is 6.03.